The van der Waals surface area contributed by atoms with Crippen LogP contribution >= 0.6 is 0 Å². The Bertz CT molecular complexity index is 723. The number of hydrogen-bond donors (Lipinski definition) is 0. The monoisotopic (exact) mass is 251 g/mol. The molecule has 0 radical (unpaired) electrons. The number of pyridine rings is 3. The van der Waals surface area contributed by atoms with Crippen molar-refractivity contribution in [3.8, 4) is 17.1 Å². The molecule has 0 saturated heterocycles. The maximum atomic E-state index is 5.17. The molecular weight excluding hydrogens is 238 g/mol. The van der Waals surface area contributed by atoms with Gasteiger partial charge in [0.25, 0.3) is 0 Å². The Labute approximate surface area is 111 Å². The second-order valence-corrected chi connectivity index (χ2v) is 4.30. The average molecular weight is 251 g/mol. The Morgan fingerprint density at radius 3 is 2.63 bits per heavy atom. The lowest BCUT2D eigenvalue weighted by molar-refractivity contribution is 0.399. The van der Waals surface area contributed by atoms with Crippen LogP contribution in [0.5, 0.6) is 5.88 Å². The van der Waals surface area contributed by atoms with E-state index in [0.29, 0.717) is 5.88 Å². The summed E-state index contributed by atoms with van der Waals surface area (Å²) in [6.07, 6.45) is 3.62. The summed E-state index contributed by atoms with van der Waals surface area (Å²) in [5.74, 6) is 0.578. The Kier molecular flexibility index (Phi) is 2.83. The van der Waals surface area contributed by atoms with Crippen LogP contribution in [0.25, 0.3) is 22.3 Å². The molecule has 0 spiro atoms. The molecule has 3 aromatic rings. The third-order valence-electron chi connectivity index (χ3n) is 2.95. The molecule has 0 fully saturated rings. The molecule has 0 bridgehead atoms. The summed E-state index contributed by atoms with van der Waals surface area (Å²) in [4.78, 5) is 13.2. The maximum absolute atomic E-state index is 5.17. The predicted octanol–water partition coefficient (Wildman–Crippen LogP) is 3.01. The number of methoxy groups -OCH3 is 1. The number of ether oxygens (including phenoxy) is 1. The van der Waals surface area contributed by atoms with Crippen LogP contribution < -0.4 is 4.74 Å². The third kappa shape index (κ3) is 2.12. The smallest absolute Gasteiger partial charge is 0.213 e. The number of rotatable bonds is 2. The van der Waals surface area contributed by atoms with Gasteiger partial charge in [0.15, 0.2) is 0 Å². The molecule has 94 valence electrons. The zero-order valence-corrected chi connectivity index (χ0v) is 10.8. The minimum absolute atomic E-state index is 0.578. The Morgan fingerprint density at radius 2 is 1.89 bits per heavy atom. The number of nitrogens with zero attached hydrogens (tertiary/aromatic N) is 3. The summed E-state index contributed by atoms with van der Waals surface area (Å²) in [6, 6.07) is 9.66. The molecule has 0 aliphatic rings. The highest BCUT2D eigenvalue weighted by Gasteiger charge is 2.08. The van der Waals surface area contributed by atoms with E-state index in [0.717, 1.165) is 27.9 Å². The Morgan fingerprint density at radius 1 is 1.00 bits per heavy atom. The SMILES string of the molecule is COc1ccc2nccc(-c3ccc(C)cn3)c2n1. The maximum Gasteiger partial charge on any atom is 0.213 e. The zero-order chi connectivity index (χ0) is 13.2. The van der Waals surface area contributed by atoms with E-state index in [1.54, 1.807) is 13.3 Å². The van der Waals surface area contributed by atoms with Crippen molar-refractivity contribution < 1.29 is 4.74 Å². The van der Waals surface area contributed by atoms with Gasteiger partial charge in [-0.05, 0) is 30.7 Å². The van der Waals surface area contributed by atoms with Crippen LogP contribution in [0.15, 0.2) is 42.7 Å². The fourth-order valence-corrected chi connectivity index (χ4v) is 1.95. The lowest BCUT2D eigenvalue weighted by Gasteiger charge is -2.06. The van der Waals surface area contributed by atoms with E-state index in [1.807, 2.05) is 43.5 Å². The van der Waals surface area contributed by atoms with Crippen molar-refractivity contribution in [2.24, 2.45) is 0 Å². The number of hydrogen-bond acceptors (Lipinski definition) is 4. The van der Waals surface area contributed by atoms with Crippen LogP contribution in [-0.2, 0) is 0 Å². The fraction of sp³-hybridized carbons (Fsp3) is 0.133. The first-order valence-electron chi connectivity index (χ1n) is 6.01. The first-order chi connectivity index (χ1) is 9.28. The molecular formula is C15H13N3O. The molecule has 0 aromatic carbocycles. The summed E-state index contributed by atoms with van der Waals surface area (Å²) in [5, 5.41) is 0. The van der Waals surface area contributed by atoms with Gasteiger partial charge in [-0.25, -0.2) is 4.98 Å². The minimum atomic E-state index is 0.578. The lowest BCUT2D eigenvalue weighted by atomic mass is 10.1. The van der Waals surface area contributed by atoms with E-state index < -0.39 is 0 Å². The van der Waals surface area contributed by atoms with Gasteiger partial charge >= 0.3 is 0 Å². The quantitative estimate of drug-likeness (QED) is 0.702. The molecule has 0 unspecified atom stereocenters. The summed E-state index contributed by atoms with van der Waals surface area (Å²) in [7, 11) is 1.61. The molecule has 4 nitrogen and oxygen atoms in total. The molecule has 0 aliphatic heterocycles. The summed E-state index contributed by atoms with van der Waals surface area (Å²) >= 11 is 0. The van der Waals surface area contributed by atoms with Crippen LogP contribution in [-0.4, -0.2) is 22.1 Å². The van der Waals surface area contributed by atoms with Crippen molar-refractivity contribution in [1.82, 2.24) is 15.0 Å². The van der Waals surface area contributed by atoms with Crippen molar-refractivity contribution >= 4 is 11.0 Å². The topological polar surface area (TPSA) is 47.9 Å². The van der Waals surface area contributed by atoms with Gasteiger partial charge < -0.3 is 4.74 Å². The number of fused-ring (bicyclic) bond motifs is 1. The van der Waals surface area contributed by atoms with E-state index in [4.69, 9.17) is 4.74 Å². The number of aromatic nitrogens is 3. The van der Waals surface area contributed by atoms with Crippen LogP contribution in [0.2, 0.25) is 0 Å². The Hall–Kier alpha value is -2.49. The van der Waals surface area contributed by atoms with Gasteiger partial charge in [-0.2, -0.15) is 0 Å². The molecule has 0 amide bonds. The highest BCUT2D eigenvalue weighted by Crippen LogP contribution is 2.26. The van der Waals surface area contributed by atoms with Gasteiger partial charge in [0.05, 0.1) is 18.3 Å². The average Bonchev–Trinajstić information content (AvgIpc) is 2.47. The van der Waals surface area contributed by atoms with E-state index >= 15 is 0 Å². The van der Waals surface area contributed by atoms with Gasteiger partial charge in [-0.15, -0.1) is 0 Å². The largest absolute Gasteiger partial charge is 0.481 e. The predicted molar refractivity (Wildman–Crippen MR) is 74.1 cm³/mol. The van der Waals surface area contributed by atoms with Gasteiger partial charge in [0.2, 0.25) is 5.88 Å². The molecule has 4 heteroatoms. The van der Waals surface area contributed by atoms with Crippen molar-refractivity contribution in [3.63, 3.8) is 0 Å². The van der Waals surface area contributed by atoms with Crippen molar-refractivity contribution in [2.75, 3.05) is 7.11 Å². The van der Waals surface area contributed by atoms with Crippen LogP contribution in [0.3, 0.4) is 0 Å². The minimum Gasteiger partial charge on any atom is -0.481 e. The van der Waals surface area contributed by atoms with Crippen LogP contribution in [0, 0.1) is 6.92 Å². The van der Waals surface area contributed by atoms with Crippen molar-refractivity contribution in [3.05, 3.63) is 48.3 Å². The van der Waals surface area contributed by atoms with Gasteiger partial charge in [0, 0.05) is 24.0 Å². The highest BCUT2D eigenvalue weighted by atomic mass is 16.5. The Balaban J connectivity index is 2.25. The molecule has 0 aliphatic carbocycles. The van der Waals surface area contributed by atoms with Crippen LogP contribution in [0.1, 0.15) is 5.56 Å². The number of aryl methyl sites for hydroxylation is 1. The van der Waals surface area contributed by atoms with Crippen molar-refractivity contribution in [1.29, 1.82) is 0 Å². The first-order valence-corrected chi connectivity index (χ1v) is 6.01. The van der Waals surface area contributed by atoms with Gasteiger partial charge in [-0.3, -0.25) is 9.97 Å². The van der Waals surface area contributed by atoms with E-state index in [1.165, 1.54) is 0 Å². The highest BCUT2D eigenvalue weighted by molar-refractivity contribution is 5.90. The summed E-state index contributed by atoms with van der Waals surface area (Å²) in [5.41, 5.74) is 4.62. The molecule has 3 aromatic heterocycles. The molecule has 0 atom stereocenters. The van der Waals surface area contributed by atoms with E-state index in [2.05, 4.69) is 15.0 Å². The molecule has 0 N–H and O–H groups in total. The van der Waals surface area contributed by atoms with Crippen LogP contribution in [0.4, 0.5) is 0 Å². The standard InChI is InChI=1S/C15H13N3O/c1-10-3-4-12(17-9-10)11-7-8-16-13-5-6-14(19-2)18-15(11)13/h3-9H,1-2H3. The first kappa shape index (κ1) is 11.6. The fourth-order valence-electron chi connectivity index (χ4n) is 1.95. The second kappa shape index (κ2) is 4.65. The van der Waals surface area contributed by atoms with Crippen molar-refractivity contribution in [2.45, 2.75) is 6.92 Å². The summed E-state index contributed by atoms with van der Waals surface area (Å²) in [6.45, 7) is 2.02. The third-order valence-corrected chi connectivity index (χ3v) is 2.95. The molecule has 3 heterocycles. The van der Waals surface area contributed by atoms with E-state index in [9.17, 15) is 0 Å². The molecule has 0 saturated carbocycles. The summed E-state index contributed by atoms with van der Waals surface area (Å²) < 4.78 is 5.17. The lowest BCUT2D eigenvalue weighted by Crippen LogP contribution is -1.93. The molecule has 3 rings (SSSR count). The van der Waals surface area contributed by atoms with E-state index in [-0.39, 0.29) is 0 Å². The molecule has 19 heavy (non-hydrogen) atoms. The zero-order valence-electron chi connectivity index (χ0n) is 10.8. The second-order valence-electron chi connectivity index (χ2n) is 4.30. The normalized spacial score (nSPS) is 10.6. The van der Waals surface area contributed by atoms with Gasteiger partial charge in [-0.1, -0.05) is 6.07 Å². The van der Waals surface area contributed by atoms with Gasteiger partial charge in [0.1, 0.15) is 5.52 Å².